The second kappa shape index (κ2) is 6.92. The van der Waals surface area contributed by atoms with Crippen LogP contribution in [0.15, 0.2) is 88.1 Å². The molecule has 0 aliphatic carbocycles. The van der Waals surface area contributed by atoms with Gasteiger partial charge in [0.1, 0.15) is 11.3 Å². The molecule has 0 saturated heterocycles. The quantitative estimate of drug-likeness (QED) is 0.393. The van der Waals surface area contributed by atoms with E-state index in [0.717, 1.165) is 5.56 Å². The Morgan fingerprint density at radius 2 is 1.56 bits per heavy atom. The Morgan fingerprint density at radius 3 is 2.22 bits per heavy atom. The third-order valence-electron chi connectivity index (χ3n) is 4.44. The monoisotopic (exact) mass is 356 g/mol. The van der Waals surface area contributed by atoms with Gasteiger partial charge in [0.2, 0.25) is 5.78 Å². The summed E-state index contributed by atoms with van der Waals surface area (Å²) in [5.41, 5.74) is 2.05. The first kappa shape index (κ1) is 16.8. The van der Waals surface area contributed by atoms with E-state index in [9.17, 15) is 9.59 Å². The number of fused-ring (bicyclic) bond motifs is 1. The number of rotatable bonds is 4. The zero-order valence-corrected chi connectivity index (χ0v) is 14.6. The van der Waals surface area contributed by atoms with Gasteiger partial charge in [0.15, 0.2) is 5.58 Å². The first-order chi connectivity index (χ1) is 13.2. The van der Waals surface area contributed by atoms with Crippen LogP contribution in [0.3, 0.4) is 0 Å². The van der Waals surface area contributed by atoms with Gasteiger partial charge in [-0.15, -0.1) is 0 Å². The largest absolute Gasteiger partial charge is 0.496 e. The highest BCUT2D eigenvalue weighted by molar-refractivity contribution is 6.18. The molecule has 0 amide bonds. The minimum atomic E-state index is -0.517. The van der Waals surface area contributed by atoms with Crippen LogP contribution in [-0.4, -0.2) is 12.9 Å². The maximum atomic E-state index is 13.2. The summed E-state index contributed by atoms with van der Waals surface area (Å²) >= 11 is 0. The van der Waals surface area contributed by atoms with E-state index in [1.54, 1.807) is 36.4 Å². The Hall–Kier alpha value is -3.66. The second-order valence-electron chi connectivity index (χ2n) is 6.06. The molecule has 0 aliphatic rings. The normalized spacial score (nSPS) is 10.7. The molecule has 1 aromatic heterocycles. The molecule has 0 atom stereocenters. The fraction of sp³-hybridized carbons (Fsp3) is 0.0435. The Labute approximate surface area is 155 Å². The van der Waals surface area contributed by atoms with E-state index in [2.05, 4.69) is 0 Å². The number of benzene rings is 3. The lowest BCUT2D eigenvalue weighted by atomic mass is 9.96. The maximum absolute atomic E-state index is 13.2. The molecule has 1 heterocycles. The Bertz CT molecular complexity index is 1180. The predicted molar refractivity (Wildman–Crippen MR) is 104 cm³/mol. The molecule has 0 fully saturated rings. The number of hydrogen-bond acceptors (Lipinski definition) is 4. The average molecular weight is 356 g/mol. The standard InChI is InChI=1S/C23H16O4/c1-26-19-13-12-17-18(15-8-4-2-5-9-15)14-20(24)27-23(17)21(19)22(25)16-10-6-3-7-11-16/h2-14H,1H3. The average Bonchev–Trinajstić information content (AvgIpc) is 2.73. The molecule has 27 heavy (non-hydrogen) atoms. The first-order valence-electron chi connectivity index (χ1n) is 8.49. The van der Waals surface area contributed by atoms with E-state index in [4.69, 9.17) is 9.15 Å². The number of carbonyl (C=O) groups is 1. The van der Waals surface area contributed by atoms with Crippen molar-refractivity contribution < 1.29 is 13.9 Å². The van der Waals surface area contributed by atoms with Crippen molar-refractivity contribution in [2.45, 2.75) is 0 Å². The van der Waals surface area contributed by atoms with E-state index in [1.165, 1.54) is 13.2 Å². The van der Waals surface area contributed by atoms with E-state index >= 15 is 0 Å². The van der Waals surface area contributed by atoms with Gasteiger partial charge in [0.05, 0.1) is 7.11 Å². The van der Waals surface area contributed by atoms with Crippen LogP contribution in [0, 0.1) is 0 Å². The van der Waals surface area contributed by atoms with Crippen LogP contribution in [0.5, 0.6) is 5.75 Å². The molecule has 3 aromatic carbocycles. The second-order valence-corrected chi connectivity index (χ2v) is 6.06. The number of methoxy groups -OCH3 is 1. The molecule has 4 heteroatoms. The van der Waals surface area contributed by atoms with Crippen molar-refractivity contribution >= 4 is 16.8 Å². The fourth-order valence-corrected chi connectivity index (χ4v) is 3.18. The van der Waals surface area contributed by atoms with E-state index < -0.39 is 5.63 Å². The molecule has 132 valence electrons. The number of ketones is 1. The van der Waals surface area contributed by atoms with Gasteiger partial charge in [-0.05, 0) is 23.3 Å². The molecular formula is C23H16O4. The highest BCUT2D eigenvalue weighted by Crippen LogP contribution is 2.34. The lowest BCUT2D eigenvalue weighted by Gasteiger charge is -2.12. The van der Waals surface area contributed by atoms with Crippen molar-refractivity contribution in [3.05, 3.63) is 100 Å². The molecule has 0 aliphatic heterocycles. The highest BCUT2D eigenvalue weighted by Gasteiger charge is 2.22. The van der Waals surface area contributed by atoms with Crippen molar-refractivity contribution in [2.24, 2.45) is 0 Å². The SMILES string of the molecule is COc1ccc2c(-c3ccccc3)cc(=O)oc2c1C(=O)c1ccccc1. The molecule has 0 bridgehead atoms. The topological polar surface area (TPSA) is 56.5 Å². The van der Waals surface area contributed by atoms with Crippen molar-refractivity contribution in [1.29, 1.82) is 0 Å². The molecule has 0 radical (unpaired) electrons. The molecule has 4 nitrogen and oxygen atoms in total. The Balaban J connectivity index is 2.05. The highest BCUT2D eigenvalue weighted by atomic mass is 16.5. The van der Waals surface area contributed by atoms with Crippen LogP contribution in [0.2, 0.25) is 0 Å². The van der Waals surface area contributed by atoms with E-state index in [-0.39, 0.29) is 16.9 Å². The van der Waals surface area contributed by atoms with Gasteiger partial charge < -0.3 is 9.15 Å². The zero-order valence-electron chi connectivity index (χ0n) is 14.6. The molecule has 4 aromatic rings. The Kier molecular flexibility index (Phi) is 4.30. The lowest BCUT2D eigenvalue weighted by Crippen LogP contribution is -2.08. The fourth-order valence-electron chi connectivity index (χ4n) is 3.18. The summed E-state index contributed by atoms with van der Waals surface area (Å²) < 4.78 is 10.9. The number of ether oxygens (including phenoxy) is 1. The number of hydrogen-bond donors (Lipinski definition) is 0. The minimum absolute atomic E-state index is 0.231. The molecule has 0 N–H and O–H groups in total. The third kappa shape index (κ3) is 3.02. The van der Waals surface area contributed by atoms with E-state index in [0.29, 0.717) is 22.3 Å². The van der Waals surface area contributed by atoms with Crippen LogP contribution in [0.1, 0.15) is 15.9 Å². The summed E-state index contributed by atoms with van der Waals surface area (Å²) in [6.45, 7) is 0. The summed E-state index contributed by atoms with van der Waals surface area (Å²) in [5.74, 6) is 0.108. The predicted octanol–water partition coefficient (Wildman–Crippen LogP) is 4.70. The smallest absolute Gasteiger partial charge is 0.336 e. The summed E-state index contributed by atoms with van der Waals surface area (Å²) in [7, 11) is 1.49. The molecule has 0 saturated carbocycles. The van der Waals surface area contributed by atoms with Gasteiger partial charge in [-0.2, -0.15) is 0 Å². The van der Waals surface area contributed by atoms with Gasteiger partial charge >= 0.3 is 5.63 Å². The molecular weight excluding hydrogens is 340 g/mol. The zero-order chi connectivity index (χ0) is 18.8. The van der Waals surface area contributed by atoms with Gasteiger partial charge in [0.25, 0.3) is 0 Å². The molecule has 0 unspecified atom stereocenters. The summed E-state index contributed by atoms with van der Waals surface area (Å²) in [4.78, 5) is 25.4. The number of carbonyl (C=O) groups excluding carboxylic acids is 1. The van der Waals surface area contributed by atoms with Gasteiger partial charge in [-0.3, -0.25) is 4.79 Å². The van der Waals surface area contributed by atoms with Crippen LogP contribution >= 0.6 is 0 Å². The van der Waals surface area contributed by atoms with Gasteiger partial charge in [0, 0.05) is 17.0 Å². The summed E-state index contributed by atoms with van der Waals surface area (Å²) in [6, 6.07) is 23.4. The van der Waals surface area contributed by atoms with Crippen molar-refractivity contribution in [3.63, 3.8) is 0 Å². The minimum Gasteiger partial charge on any atom is -0.496 e. The van der Waals surface area contributed by atoms with Crippen LogP contribution in [0.25, 0.3) is 22.1 Å². The van der Waals surface area contributed by atoms with Crippen molar-refractivity contribution in [3.8, 4) is 16.9 Å². The lowest BCUT2D eigenvalue weighted by molar-refractivity contribution is 0.103. The van der Waals surface area contributed by atoms with E-state index in [1.807, 2.05) is 36.4 Å². The molecule has 0 spiro atoms. The van der Waals surface area contributed by atoms with Crippen molar-refractivity contribution in [1.82, 2.24) is 0 Å². The van der Waals surface area contributed by atoms with Gasteiger partial charge in [-0.1, -0.05) is 60.7 Å². The summed E-state index contributed by atoms with van der Waals surface area (Å²) in [5, 5.41) is 0.681. The van der Waals surface area contributed by atoms with Crippen LogP contribution < -0.4 is 10.4 Å². The van der Waals surface area contributed by atoms with Crippen molar-refractivity contribution in [2.75, 3.05) is 7.11 Å². The first-order valence-corrected chi connectivity index (χ1v) is 8.49. The third-order valence-corrected chi connectivity index (χ3v) is 4.44. The molecule has 4 rings (SSSR count). The van der Waals surface area contributed by atoms with Gasteiger partial charge in [-0.25, -0.2) is 4.79 Å². The van der Waals surface area contributed by atoms with Crippen LogP contribution in [-0.2, 0) is 0 Å². The summed E-state index contributed by atoms with van der Waals surface area (Å²) in [6.07, 6.45) is 0. The van der Waals surface area contributed by atoms with Crippen LogP contribution in [0.4, 0.5) is 0 Å². The maximum Gasteiger partial charge on any atom is 0.336 e. The Morgan fingerprint density at radius 1 is 0.889 bits per heavy atom.